The zero-order valence-corrected chi connectivity index (χ0v) is 15.9. The molecule has 0 atom stereocenters. The molecule has 0 bridgehead atoms. The van der Waals surface area contributed by atoms with Gasteiger partial charge in [0.15, 0.2) is 0 Å². The molecule has 0 N–H and O–H groups in total. The van der Waals surface area contributed by atoms with Gasteiger partial charge in [0.1, 0.15) is 5.82 Å². The van der Waals surface area contributed by atoms with Gasteiger partial charge in [-0.1, -0.05) is 30.3 Å². The van der Waals surface area contributed by atoms with Crippen LogP contribution in [0.4, 0.5) is 10.1 Å². The van der Waals surface area contributed by atoms with E-state index in [1.807, 2.05) is 0 Å². The molecule has 0 saturated carbocycles. The van der Waals surface area contributed by atoms with Gasteiger partial charge in [-0.15, -0.1) is 0 Å². The molecule has 0 aromatic heterocycles. The van der Waals surface area contributed by atoms with Crippen LogP contribution in [0.1, 0.15) is 36.6 Å². The van der Waals surface area contributed by atoms with Crippen LogP contribution in [0, 0.1) is 15.9 Å². The Morgan fingerprint density at radius 2 is 1.45 bits per heavy atom. The second-order valence-corrected chi connectivity index (χ2v) is 6.73. The zero-order valence-electron chi connectivity index (χ0n) is 15.9. The van der Waals surface area contributed by atoms with Crippen molar-refractivity contribution in [3.05, 3.63) is 111 Å². The molecule has 9 heteroatoms. The van der Waals surface area contributed by atoms with E-state index in [4.69, 9.17) is 0 Å². The van der Waals surface area contributed by atoms with Crippen molar-refractivity contribution in [2.24, 2.45) is 0 Å². The lowest BCUT2D eigenvalue weighted by Crippen LogP contribution is -2.49. The first-order valence-electron chi connectivity index (χ1n) is 9.16. The van der Waals surface area contributed by atoms with Gasteiger partial charge in [0.25, 0.3) is 23.4 Å². The summed E-state index contributed by atoms with van der Waals surface area (Å²) < 4.78 is 14.3. The van der Waals surface area contributed by atoms with E-state index in [1.54, 1.807) is 18.2 Å². The van der Waals surface area contributed by atoms with Crippen LogP contribution in [0.25, 0.3) is 0 Å². The number of fused-ring (bicyclic) bond motifs is 1. The number of carbonyl (C=O) groups excluding carboxylic acids is 3. The van der Waals surface area contributed by atoms with Crippen LogP contribution in [-0.4, -0.2) is 32.7 Å². The Morgan fingerprint density at radius 3 is 2.00 bits per heavy atom. The Kier molecular flexibility index (Phi) is 5.00. The molecule has 3 aromatic rings. The molecule has 0 saturated heterocycles. The maximum absolute atomic E-state index is 14.3. The summed E-state index contributed by atoms with van der Waals surface area (Å²) in [4.78, 5) is 49.4. The number of nitrogens with zero attached hydrogens (tertiary/aromatic N) is 3. The minimum Gasteiger partial charge on any atom is -0.267 e. The summed E-state index contributed by atoms with van der Waals surface area (Å²) >= 11 is 0. The number of benzene rings is 3. The van der Waals surface area contributed by atoms with E-state index in [2.05, 4.69) is 0 Å². The molecule has 3 amide bonds. The maximum atomic E-state index is 14.3. The quantitative estimate of drug-likeness (QED) is 0.357. The van der Waals surface area contributed by atoms with Gasteiger partial charge in [-0.3, -0.25) is 24.5 Å². The van der Waals surface area contributed by atoms with Gasteiger partial charge in [0.05, 0.1) is 22.6 Å². The fraction of sp³-hybridized carbons (Fsp3) is 0.0455. The Bertz CT molecular complexity index is 1190. The molecule has 0 spiro atoms. The second kappa shape index (κ2) is 7.79. The van der Waals surface area contributed by atoms with Gasteiger partial charge >= 0.3 is 0 Å². The van der Waals surface area contributed by atoms with Crippen LogP contribution < -0.4 is 0 Å². The molecule has 1 aliphatic heterocycles. The summed E-state index contributed by atoms with van der Waals surface area (Å²) in [5.74, 6) is -2.83. The topological polar surface area (TPSA) is 101 Å². The number of nitro groups is 1. The highest BCUT2D eigenvalue weighted by molar-refractivity contribution is 6.22. The van der Waals surface area contributed by atoms with Crippen molar-refractivity contribution in [3.63, 3.8) is 0 Å². The Hall–Kier alpha value is -4.40. The molecule has 0 unspecified atom stereocenters. The molecule has 1 aliphatic rings. The average molecular weight is 419 g/mol. The van der Waals surface area contributed by atoms with E-state index in [-0.39, 0.29) is 27.9 Å². The van der Waals surface area contributed by atoms with Crippen LogP contribution in [0.15, 0.2) is 72.8 Å². The highest BCUT2D eigenvalue weighted by Crippen LogP contribution is 2.27. The van der Waals surface area contributed by atoms with Gasteiger partial charge in [-0.2, -0.15) is 5.01 Å². The molecule has 154 valence electrons. The molecule has 4 rings (SSSR count). The van der Waals surface area contributed by atoms with Crippen molar-refractivity contribution >= 4 is 23.4 Å². The van der Waals surface area contributed by atoms with Gasteiger partial charge in [-0.05, 0) is 30.3 Å². The molecular weight excluding hydrogens is 405 g/mol. The predicted molar refractivity (Wildman–Crippen MR) is 106 cm³/mol. The van der Waals surface area contributed by atoms with Crippen LogP contribution in [0.5, 0.6) is 0 Å². The number of hydrogen-bond acceptors (Lipinski definition) is 5. The van der Waals surface area contributed by atoms with Crippen LogP contribution in [-0.2, 0) is 6.54 Å². The Morgan fingerprint density at radius 1 is 0.903 bits per heavy atom. The molecule has 8 nitrogen and oxygen atoms in total. The summed E-state index contributed by atoms with van der Waals surface area (Å²) in [6, 6.07) is 16.5. The monoisotopic (exact) mass is 419 g/mol. The van der Waals surface area contributed by atoms with Crippen LogP contribution >= 0.6 is 0 Å². The van der Waals surface area contributed by atoms with E-state index < -0.39 is 35.0 Å². The lowest BCUT2D eigenvalue weighted by molar-refractivity contribution is -0.384. The van der Waals surface area contributed by atoms with E-state index in [9.17, 15) is 28.9 Å². The van der Waals surface area contributed by atoms with Gasteiger partial charge in [-0.25, -0.2) is 9.40 Å². The van der Waals surface area contributed by atoms with Crippen molar-refractivity contribution in [1.82, 2.24) is 10.0 Å². The number of amides is 3. The normalized spacial score (nSPS) is 12.6. The van der Waals surface area contributed by atoms with Crippen LogP contribution in [0.2, 0.25) is 0 Å². The SMILES string of the molecule is O=C(c1ccc([N+](=O)[O-])cc1)N(Cc1ccccc1F)N1C(=O)c2ccccc2C1=O. The van der Waals surface area contributed by atoms with Crippen LogP contribution in [0.3, 0.4) is 0 Å². The number of hydrazine groups is 1. The Labute approximate surface area is 175 Å². The minimum atomic E-state index is -0.785. The third-order valence-corrected chi connectivity index (χ3v) is 4.85. The van der Waals surface area contributed by atoms with Crippen molar-refractivity contribution in [2.45, 2.75) is 6.54 Å². The largest absolute Gasteiger partial charge is 0.280 e. The van der Waals surface area contributed by atoms with E-state index in [1.165, 1.54) is 42.5 Å². The van der Waals surface area contributed by atoms with E-state index in [0.717, 1.165) is 17.1 Å². The number of nitro benzene ring substituents is 1. The van der Waals surface area contributed by atoms with Crippen molar-refractivity contribution in [2.75, 3.05) is 0 Å². The minimum absolute atomic E-state index is 0.00139. The molecule has 3 aromatic carbocycles. The lowest BCUT2D eigenvalue weighted by Gasteiger charge is -2.30. The number of carbonyl (C=O) groups is 3. The summed E-state index contributed by atoms with van der Waals surface area (Å²) in [5.41, 5.74) is 0.121. The van der Waals surface area contributed by atoms with E-state index >= 15 is 0 Å². The number of imide groups is 1. The molecule has 1 heterocycles. The summed E-state index contributed by atoms with van der Waals surface area (Å²) in [6.07, 6.45) is 0. The van der Waals surface area contributed by atoms with E-state index in [0.29, 0.717) is 5.01 Å². The van der Waals surface area contributed by atoms with Crippen molar-refractivity contribution in [1.29, 1.82) is 0 Å². The number of rotatable bonds is 5. The molecule has 0 aliphatic carbocycles. The third kappa shape index (κ3) is 3.52. The van der Waals surface area contributed by atoms with Gasteiger partial charge in [0.2, 0.25) is 0 Å². The fourth-order valence-corrected chi connectivity index (χ4v) is 3.29. The van der Waals surface area contributed by atoms with Crippen molar-refractivity contribution in [3.8, 4) is 0 Å². The maximum Gasteiger partial charge on any atom is 0.280 e. The first-order chi connectivity index (χ1) is 14.9. The fourth-order valence-electron chi connectivity index (χ4n) is 3.29. The van der Waals surface area contributed by atoms with Crippen molar-refractivity contribution < 1.29 is 23.7 Å². The standard InChI is InChI=1S/C22H14FN3O5/c23-19-8-4-1-5-15(19)13-24(20(27)14-9-11-16(12-10-14)26(30)31)25-21(28)17-6-2-3-7-18(17)22(25)29/h1-12H,13H2. The second-order valence-electron chi connectivity index (χ2n) is 6.73. The first kappa shape index (κ1) is 19.9. The number of non-ortho nitro benzene ring substituents is 1. The molecule has 0 radical (unpaired) electrons. The highest BCUT2D eigenvalue weighted by Gasteiger charge is 2.41. The lowest BCUT2D eigenvalue weighted by atomic mass is 10.1. The molecule has 31 heavy (non-hydrogen) atoms. The summed E-state index contributed by atoms with van der Waals surface area (Å²) in [5, 5.41) is 12.4. The number of halogens is 1. The Balaban J connectivity index is 1.76. The first-order valence-corrected chi connectivity index (χ1v) is 9.16. The molecular formula is C22H14FN3O5. The zero-order chi connectivity index (χ0) is 22.1. The number of hydrogen-bond donors (Lipinski definition) is 0. The average Bonchev–Trinajstić information content (AvgIpc) is 3.03. The van der Waals surface area contributed by atoms with Gasteiger partial charge < -0.3 is 0 Å². The summed E-state index contributed by atoms with van der Waals surface area (Å²) in [6.45, 7) is -0.395. The predicted octanol–water partition coefficient (Wildman–Crippen LogP) is 3.59. The smallest absolute Gasteiger partial charge is 0.267 e. The highest BCUT2D eigenvalue weighted by atomic mass is 19.1. The third-order valence-electron chi connectivity index (χ3n) is 4.85. The molecule has 0 fully saturated rings. The van der Waals surface area contributed by atoms with Gasteiger partial charge in [0, 0.05) is 23.3 Å². The summed E-state index contributed by atoms with van der Waals surface area (Å²) in [7, 11) is 0.